The predicted octanol–water partition coefficient (Wildman–Crippen LogP) is 0.253. The second-order valence-electron chi connectivity index (χ2n) is 2.69. The van der Waals surface area contributed by atoms with Crippen LogP contribution in [-0.4, -0.2) is 33.5 Å². The van der Waals surface area contributed by atoms with E-state index >= 15 is 0 Å². The van der Waals surface area contributed by atoms with Crippen molar-refractivity contribution in [2.75, 3.05) is 6.54 Å². The van der Waals surface area contributed by atoms with Gasteiger partial charge < -0.3 is 10.4 Å². The molecule has 0 unspecified atom stereocenters. The predicted molar refractivity (Wildman–Crippen MR) is 51.7 cm³/mol. The van der Waals surface area contributed by atoms with Crippen LogP contribution in [0.15, 0.2) is 6.20 Å². The van der Waals surface area contributed by atoms with Gasteiger partial charge in [-0.25, -0.2) is 9.97 Å². The first-order valence-electron chi connectivity index (χ1n) is 4.00. The topological polar surface area (TPSA) is 92.2 Å². The first kappa shape index (κ1) is 11.4. The monoisotopic (exact) mass is 229 g/mol. The van der Waals surface area contributed by atoms with Gasteiger partial charge in [-0.15, -0.1) is 0 Å². The molecule has 0 atom stereocenters. The lowest BCUT2D eigenvalue weighted by molar-refractivity contribution is -0.135. The van der Waals surface area contributed by atoms with Gasteiger partial charge in [0.05, 0.1) is 11.2 Å². The Balaban J connectivity index is 2.81. The van der Waals surface area contributed by atoms with Crippen molar-refractivity contribution in [3.8, 4) is 0 Å². The zero-order valence-electron chi connectivity index (χ0n) is 7.82. The molecule has 0 saturated heterocycles. The van der Waals surface area contributed by atoms with Crippen molar-refractivity contribution in [3.05, 3.63) is 22.7 Å². The van der Waals surface area contributed by atoms with Crippen LogP contribution in [0.25, 0.3) is 0 Å². The van der Waals surface area contributed by atoms with E-state index in [1.807, 2.05) is 0 Å². The van der Waals surface area contributed by atoms with E-state index < -0.39 is 18.4 Å². The third-order valence-electron chi connectivity index (χ3n) is 1.48. The zero-order chi connectivity index (χ0) is 11.4. The standard InChI is InChI=1S/C8H8ClN3O3/c1-4-10-2-5(9)7(12-4)8(15)11-3-6(13)14/h2H,3H2,1H3,(H,11,15)(H,13,14). The van der Waals surface area contributed by atoms with Crippen molar-refractivity contribution in [3.63, 3.8) is 0 Å². The lowest BCUT2D eigenvalue weighted by Gasteiger charge is -2.03. The Kier molecular flexibility index (Phi) is 3.56. The number of carboxylic acid groups (broad SMARTS) is 1. The summed E-state index contributed by atoms with van der Waals surface area (Å²) in [6.45, 7) is 1.13. The van der Waals surface area contributed by atoms with E-state index in [-0.39, 0.29) is 10.7 Å². The maximum atomic E-state index is 11.4. The Morgan fingerprint density at radius 1 is 1.60 bits per heavy atom. The molecule has 0 aromatic carbocycles. The Morgan fingerprint density at radius 2 is 2.27 bits per heavy atom. The summed E-state index contributed by atoms with van der Waals surface area (Å²) in [5, 5.41) is 10.6. The van der Waals surface area contributed by atoms with Crippen LogP contribution in [0.3, 0.4) is 0 Å². The van der Waals surface area contributed by atoms with Gasteiger partial charge in [-0.2, -0.15) is 0 Å². The fraction of sp³-hybridized carbons (Fsp3) is 0.250. The number of hydrogen-bond acceptors (Lipinski definition) is 4. The Hall–Kier alpha value is -1.69. The molecular weight excluding hydrogens is 222 g/mol. The summed E-state index contributed by atoms with van der Waals surface area (Å²) < 4.78 is 0. The molecule has 80 valence electrons. The quantitative estimate of drug-likeness (QED) is 0.775. The number of rotatable bonds is 3. The first-order chi connectivity index (χ1) is 7.00. The van der Waals surface area contributed by atoms with Gasteiger partial charge in [-0.05, 0) is 6.92 Å². The van der Waals surface area contributed by atoms with Crippen LogP contribution >= 0.6 is 11.6 Å². The maximum Gasteiger partial charge on any atom is 0.322 e. The van der Waals surface area contributed by atoms with Crippen LogP contribution in [0.2, 0.25) is 5.02 Å². The number of nitrogens with one attached hydrogen (secondary N) is 1. The lowest BCUT2D eigenvalue weighted by Crippen LogP contribution is -2.30. The van der Waals surface area contributed by atoms with Crippen molar-refractivity contribution >= 4 is 23.5 Å². The molecule has 0 aliphatic rings. The van der Waals surface area contributed by atoms with Gasteiger partial charge >= 0.3 is 5.97 Å². The van der Waals surface area contributed by atoms with Crippen LogP contribution in [0, 0.1) is 6.92 Å². The summed E-state index contributed by atoms with van der Waals surface area (Å²) in [6.07, 6.45) is 1.29. The molecule has 0 aliphatic heterocycles. The second kappa shape index (κ2) is 4.70. The van der Waals surface area contributed by atoms with Gasteiger partial charge in [0.15, 0.2) is 0 Å². The van der Waals surface area contributed by atoms with Crippen LogP contribution in [0.5, 0.6) is 0 Å². The molecule has 15 heavy (non-hydrogen) atoms. The SMILES string of the molecule is Cc1ncc(Cl)c(C(=O)NCC(=O)O)n1. The largest absolute Gasteiger partial charge is 0.480 e. The summed E-state index contributed by atoms with van der Waals surface area (Å²) in [5.41, 5.74) is -0.0228. The summed E-state index contributed by atoms with van der Waals surface area (Å²) in [7, 11) is 0. The van der Waals surface area contributed by atoms with Crippen molar-refractivity contribution in [2.24, 2.45) is 0 Å². The number of carbonyl (C=O) groups is 2. The van der Waals surface area contributed by atoms with E-state index in [9.17, 15) is 9.59 Å². The van der Waals surface area contributed by atoms with Gasteiger partial charge in [0, 0.05) is 0 Å². The summed E-state index contributed by atoms with van der Waals surface area (Å²) in [4.78, 5) is 29.2. The third kappa shape index (κ3) is 3.17. The van der Waals surface area contributed by atoms with E-state index in [1.165, 1.54) is 6.20 Å². The van der Waals surface area contributed by atoms with Crippen LogP contribution in [0.4, 0.5) is 0 Å². The number of carboxylic acids is 1. The lowest BCUT2D eigenvalue weighted by atomic mass is 10.3. The molecule has 1 rings (SSSR count). The van der Waals surface area contributed by atoms with Crippen molar-refractivity contribution < 1.29 is 14.7 Å². The summed E-state index contributed by atoms with van der Waals surface area (Å²) in [6, 6.07) is 0. The molecule has 7 heteroatoms. The Bertz CT molecular complexity index is 408. The number of hydrogen-bond donors (Lipinski definition) is 2. The van der Waals surface area contributed by atoms with Gasteiger partial charge in [0.2, 0.25) is 0 Å². The van der Waals surface area contributed by atoms with Crippen LogP contribution in [-0.2, 0) is 4.79 Å². The molecule has 1 heterocycles. The molecule has 1 aromatic heterocycles. The minimum atomic E-state index is -1.13. The number of aromatic nitrogens is 2. The van der Waals surface area contributed by atoms with Crippen LogP contribution in [0.1, 0.15) is 16.3 Å². The van der Waals surface area contributed by atoms with Crippen LogP contribution < -0.4 is 5.32 Å². The highest BCUT2D eigenvalue weighted by Gasteiger charge is 2.13. The number of nitrogens with zero attached hydrogens (tertiary/aromatic N) is 2. The van der Waals surface area contributed by atoms with E-state index in [0.717, 1.165) is 0 Å². The van der Waals surface area contributed by atoms with Crippen molar-refractivity contribution in [2.45, 2.75) is 6.92 Å². The van der Waals surface area contributed by atoms with Gasteiger partial charge in [-0.3, -0.25) is 9.59 Å². The van der Waals surface area contributed by atoms with E-state index in [4.69, 9.17) is 16.7 Å². The van der Waals surface area contributed by atoms with E-state index in [1.54, 1.807) is 6.92 Å². The smallest absolute Gasteiger partial charge is 0.322 e. The Labute approximate surface area is 90.3 Å². The molecule has 6 nitrogen and oxygen atoms in total. The number of aliphatic carboxylic acids is 1. The highest BCUT2D eigenvalue weighted by molar-refractivity contribution is 6.33. The number of carbonyl (C=O) groups excluding carboxylic acids is 1. The van der Waals surface area contributed by atoms with Gasteiger partial charge in [-0.1, -0.05) is 11.6 Å². The molecule has 0 fully saturated rings. The fourth-order valence-electron chi connectivity index (χ4n) is 0.854. The average Bonchev–Trinajstić information content (AvgIpc) is 2.18. The first-order valence-corrected chi connectivity index (χ1v) is 4.37. The highest BCUT2D eigenvalue weighted by Crippen LogP contribution is 2.11. The van der Waals surface area contributed by atoms with Crippen molar-refractivity contribution in [1.82, 2.24) is 15.3 Å². The van der Waals surface area contributed by atoms with E-state index in [0.29, 0.717) is 5.82 Å². The Morgan fingerprint density at radius 3 is 2.87 bits per heavy atom. The minimum Gasteiger partial charge on any atom is -0.480 e. The maximum absolute atomic E-state index is 11.4. The molecule has 0 aliphatic carbocycles. The fourth-order valence-corrected chi connectivity index (χ4v) is 1.03. The highest BCUT2D eigenvalue weighted by atomic mass is 35.5. The zero-order valence-corrected chi connectivity index (χ0v) is 8.58. The number of aryl methyl sites for hydroxylation is 1. The number of amides is 1. The molecule has 0 saturated carbocycles. The van der Waals surface area contributed by atoms with E-state index in [2.05, 4.69) is 15.3 Å². The molecule has 0 bridgehead atoms. The third-order valence-corrected chi connectivity index (χ3v) is 1.76. The molecule has 1 aromatic rings. The molecule has 2 N–H and O–H groups in total. The second-order valence-corrected chi connectivity index (χ2v) is 3.10. The summed E-state index contributed by atoms with van der Waals surface area (Å²) in [5.74, 6) is -1.38. The van der Waals surface area contributed by atoms with Gasteiger partial charge in [0.25, 0.3) is 5.91 Å². The normalized spacial score (nSPS) is 9.73. The molecule has 0 radical (unpaired) electrons. The molecule has 1 amide bonds. The molecular formula is C8H8ClN3O3. The molecule has 0 spiro atoms. The minimum absolute atomic E-state index is 0.0228. The average molecular weight is 230 g/mol. The summed E-state index contributed by atoms with van der Waals surface area (Å²) >= 11 is 5.67. The number of halogens is 1. The van der Waals surface area contributed by atoms with Gasteiger partial charge in [0.1, 0.15) is 18.1 Å². The van der Waals surface area contributed by atoms with Crippen molar-refractivity contribution in [1.29, 1.82) is 0 Å².